The maximum atomic E-state index is 11.8. The summed E-state index contributed by atoms with van der Waals surface area (Å²) in [4.78, 5) is 23.6. The summed E-state index contributed by atoms with van der Waals surface area (Å²) in [6, 6.07) is 11.4. The first-order chi connectivity index (χ1) is 12.0. The highest BCUT2D eigenvalue weighted by atomic mass is 16.5. The number of carbonyl (C=O) groups excluding carboxylic acids is 2. The lowest BCUT2D eigenvalue weighted by atomic mass is 10.1. The second kappa shape index (κ2) is 8.49. The van der Waals surface area contributed by atoms with Crippen molar-refractivity contribution in [2.75, 3.05) is 7.11 Å². The molecule has 5 nitrogen and oxygen atoms in total. The fraction of sp³-hybridized carbons (Fsp3) is 0.100. The van der Waals surface area contributed by atoms with Gasteiger partial charge in [0.2, 0.25) is 0 Å². The highest BCUT2D eigenvalue weighted by Crippen LogP contribution is 2.25. The van der Waals surface area contributed by atoms with Gasteiger partial charge < -0.3 is 14.9 Å². The SMILES string of the molecule is COc1ccc(/C=C/C(=O)CC(=O)/C=C/c2ccc(O)c(O)c2)cc1. The number of hydrogen-bond donors (Lipinski definition) is 2. The zero-order valence-corrected chi connectivity index (χ0v) is 13.7. The van der Waals surface area contributed by atoms with E-state index < -0.39 is 0 Å². The van der Waals surface area contributed by atoms with Gasteiger partial charge >= 0.3 is 0 Å². The summed E-state index contributed by atoms with van der Waals surface area (Å²) in [6.45, 7) is 0. The van der Waals surface area contributed by atoms with Gasteiger partial charge in [-0.15, -0.1) is 0 Å². The van der Waals surface area contributed by atoms with Crippen molar-refractivity contribution in [2.45, 2.75) is 6.42 Å². The topological polar surface area (TPSA) is 83.8 Å². The van der Waals surface area contributed by atoms with Crippen molar-refractivity contribution in [2.24, 2.45) is 0 Å². The van der Waals surface area contributed by atoms with E-state index in [0.29, 0.717) is 5.56 Å². The van der Waals surface area contributed by atoms with E-state index in [1.165, 1.54) is 30.4 Å². The minimum atomic E-state index is -0.350. The highest BCUT2D eigenvalue weighted by Gasteiger charge is 2.04. The Labute approximate surface area is 145 Å². The van der Waals surface area contributed by atoms with Gasteiger partial charge in [0.05, 0.1) is 13.5 Å². The van der Waals surface area contributed by atoms with Crippen LogP contribution in [0.3, 0.4) is 0 Å². The van der Waals surface area contributed by atoms with E-state index in [9.17, 15) is 19.8 Å². The Morgan fingerprint density at radius 3 is 2.00 bits per heavy atom. The number of hydrogen-bond acceptors (Lipinski definition) is 5. The van der Waals surface area contributed by atoms with Crippen molar-refractivity contribution in [3.05, 3.63) is 65.7 Å². The van der Waals surface area contributed by atoms with Crippen molar-refractivity contribution in [3.63, 3.8) is 0 Å². The van der Waals surface area contributed by atoms with Gasteiger partial charge in [-0.2, -0.15) is 0 Å². The van der Waals surface area contributed by atoms with Gasteiger partial charge in [-0.3, -0.25) is 9.59 Å². The van der Waals surface area contributed by atoms with Crippen LogP contribution < -0.4 is 4.74 Å². The van der Waals surface area contributed by atoms with Crippen molar-refractivity contribution < 1.29 is 24.5 Å². The summed E-state index contributed by atoms with van der Waals surface area (Å²) in [7, 11) is 1.58. The molecule has 0 amide bonds. The molecule has 0 unspecified atom stereocenters. The molecule has 2 aromatic carbocycles. The summed E-state index contributed by atoms with van der Waals surface area (Å²) in [5.41, 5.74) is 1.38. The van der Waals surface area contributed by atoms with E-state index in [4.69, 9.17) is 4.74 Å². The second-order valence-electron chi connectivity index (χ2n) is 5.30. The molecule has 0 aliphatic rings. The van der Waals surface area contributed by atoms with Crippen molar-refractivity contribution >= 4 is 23.7 Å². The Morgan fingerprint density at radius 2 is 1.44 bits per heavy atom. The molecule has 0 atom stereocenters. The number of rotatable bonds is 7. The molecule has 0 fully saturated rings. The van der Waals surface area contributed by atoms with Gasteiger partial charge in [-0.1, -0.05) is 30.4 Å². The lowest BCUT2D eigenvalue weighted by Gasteiger charge is -1.99. The first-order valence-electron chi connectivity index (χ1n) is 7.56. The van der Waals surface area contributed by atoms with Crippen LogP contribution in [0.2, 0.25) is 0 Å². The minimum Gasteiger partial charge on any atom is -0.504 e. The highest BCUT2D eigenvalue weighted by molar-refractivity contribution is 6.10. The number of phenolic OH excluding ortho intramolecular Hbond substituents is 2. The molecule has 128 valence electrons. The molecule has 0 aliphatic carbocycles. The van der Waals surface area contributed by atoms with E-state index in [1.54, 1.807) is 31.4 Å². The average molecular weight is 338 g/mol. The van der Waals surface area contributed by atoms with E-state index in [1.807, 2.05) is 12.1 Å². The van der Waals surface area contributed by atoms with Crippen LogP contribution >= 0.6 is 0 Å². The molecule has 0 saturated heterocycles. The average Bonchev–Trinajstić information content (AvgIpc) is 2.61. The number of ketones is 2. The largest absolute Gasteiger partial charge is 0.504 e. The number of aromatic hydroxyl groups is 2. The molecular weight excluding hydrogens is 320 g/mol. The summed E-state index contributed by atoms with van der Waals surface area (Å²) >= 11 is 0. The number of ether oxygens (including phenoxy) is 1. The Morgan fingerprint density at radius 1 is 0.880 bits per heavy atom. The van der Waals surface area contributed by atoms with Crippen LogP contribution in [0.15, 0.2) is 54.6 Å². The summed E-state index contributed by atoms with van der Waals surface area (Å²) in [5.74, 6) is -0.435. The van der Waals surface area contributed by atoms with Gasteiger partial charge in [-0.25, -0.2) is 0 Å². The Balaban J connectivity index is 1.90. The first kappa shape index (κ1) is 18.0. The molecule has 2 aromatic rings. The lowest BCUT2D eigenvalue weighted by molar-refractivity contribution is -0.121. The van der Waals surface area contributed by atoms with Crippen molar-refractivity contribution in [3.8, 4) is 17.2 Å². The third kappa shape index (κ3) is 5.66. The Kier molecular flexibility index (Phi) is 6.12. The molecule has 0 heterocycles. The van der Waals surface area contributed by atoms with Crippen molar-refractivity contribution in [1.29, 1.82) is 0 Å². The quantitative estimate of drug-likeness (QED) is 0.459. The van der Waals surface area contributed by atoms with Crippen molar-refractivity contribution in [1.82, 2.24) is 0 Å². The van der Waals surface area contributed by atoms with Gasteiger partial charge in [-0.05, 0) is 47.5 Å². The first-order valence-corrected chi connectivity index (χ1v) is 7.56. The molecule has 25 heavy (non-hydrogen) atoms. The number of phenols is 2. The zero-order chi connectivity index (χ0) is 18.2. The number of allylic oxidation sites excluding steroid dienone is 2. The third-order valence-corrected chi connectivity index (χ3v) is 3.39. The number of methoxy groups -OCH3 is 1. The Hall–Kier alpha value is -3.34. The minimum absolute atomic E-state index is 0.234. The lowest BCUT2D eigenvalue weighted by Crippen LogP contribution is -2.01. The molecule has 0 saturated carbocycles. The molecular formula is C20H18O5. The van der Waals surface area contributed by atoms with E-state index in [-0.39, 0.29) is 29.5 Å². The molecule has 2 rings (SSSR count). The monoisotopic (exact) mass is 338 g/mol. The van der Waals surface area contributed by atoms with Crippen LogP contribution in [0.1, 0.15) is 17.5 Å². The van der Waals surface area contributed by atoms with E-state index >= 15 is 0 Å². The molecule has 0 spiro atoms. The number of benzene rings is 2. The van der Waals surface area contributed by atoms with Crippen LogP contribution in [-0.2, 0) is 9.59 Å². The smallest absolute Gasteiger partial charge is 0.163 e. The molecule has 0 aliphatic heterocycles. The van der Waals surface area contributed by atoms with Gasteiger partial charge in [0, 0.05) is 0 Å². The zero-order valence-electron chi connectivity index (χ0n) is 13.7. The van der Waals surface area contributed by atoms with E-state index in [2.05, 4.69) is 0 Å². The molecule has 2 N–H and O–H groups in total. The summed E-state index contributed by atoms with van der Waals surface area (Å²) in [5, 5.41) is 18.6. The van der Waals surface area contributed by atoms with Gasteiger partial charge in [0.1, 0.15) is 5.75 Å². The van der Waals surface area contributed by atoms with E-state index in [0.717, 1.165) is 11.3 Å². The van der Waals surface area contributed by atoms with Crippen LogP contribution in [0.4, 0.5) is 0 Å². The molecule has 5 heteroatoms. The molecule has 0 bridgehead atoms. The normalized spacial score (nSPS) is 11.1. The standard InChI is InChI=1S/C20H18O5/c1-25-18-9-4-14(5-10-18)2-7-16(21)13-17(22)8-3-15-6-11-19(23)20(24)12-15/h2-12,23-24H,13H2,1H3/b7-2+,8-3+. The van der Waals surface area contributed by atoms with Crippen LogP contribution in [0, 0.1) is 0 Å². The van der Waals surface area contributed by atoms with Crippen LogP contribution in [0.5, 0.6) is 17.2 Å². The maximum absolute atomic E-state index is 11.8. The fourth-order valence-electron chi connectivity index (χ4n) is 2.03. The molecule has 0 aromatic heterocycles. The summed E-state index contributed by atoms with van der Waals surface area (Å²) in [6.07, 6.45) is 5.50. The predicted octanol–water partition coefficient (Wildman–Crippen LogP) is 3.36. The fourth-order valence-corrected chi connectivity index (χ4v) is 2.03. The van der Waals surface area contributed by atoms with Crippen LogP contribution in [0.25, 0.3) is 12.2 Å². The van der Waals surface area contributed by atoms with Gasteiger partial charge in [0.15, 0.2) is 23.1 Å². The Bertz CT molecular complexity index is 816. The third-order valence-electron chi connectivity index (χ3n) is 3.39. The second-order valence-corrected chi connectivity index (χ2v) is 5.30. The van der Waals surface area contributed by atoms with Gasteiger partial charge in [0.25, 0.3) is 0 Å². The molecule has 0 radical (unpaired) electrons. The van der Waals surface area contributed by atoms with Crippen LogP contribution in [-0.4, -0.2) is 28.9 Å². The number of carbonyl (C=O) groups is 2. The maximum Gasteiger partial charge on any atom is 0.163 e. The summed E-state index contributed by atoms with van der Waals surface area (Å²) < 4.78 is 5.05. The predicted molar refractivity (Wildman–Crippen MR) is 95.5 cm³/mol.